The summed E-state index contributed by atoms with van der Waals surface area (Å²) < 4.78 is 39.7. The van der Waals surface area contributed by atoms with Crippen LogP contribution < -0.4 is 5.73 Å². The van der Waals surface area contributed by atoms with Crippen molar-refractivity contribution in [3.8, 4) is 0 Å². The average Bonchev–Trinajstić information content (AvgIpc) is 2.69. The molecule has 110 valence electrons. The number of thioether (sulfide) groups is 1. The van der Waals surface area contributed by atoms with Gasteiger partial charge in [0, 0.05) is 6.54 Å². The maximum atomic E-state index is 12.6. The zero-order chi connectivity index (χ0) is 14.8. The molecular formula is C13H16F3N3S. The van der Waals surface area contributed by atoms with E-state index in [0.29, 0.717) is 17.6 Å². The molecule has 0 spiro atoms. The van der Waals surface area contributed by atoms with Gasteiger partial charge in [-0.25, -0.2) is 4.98 Å². The Hall–Kier alpha value is -1.37. The SMILES string of the molecule is CSCCCCn1c(N)nc2cc(C(F)(F)F)ccc21. The van der Waals surface area contributed by atoms with Crippen molar-refractivity contribution in [1.82, 2.24) is 9.55 Å². The molecule has 0 saturated heterocycles. The summed E-state index contributed by atoms with van der Waals surface area (Å²) in [5, 5.41) is 0. The van der Waals surface area contributed by atoms with Crippen LogP contribution >= 0.6 is 11.8 Å². The van der Waals surface area contributed by atoms with Crippen molar-refractivity contribution in [2.24, 2.45) is 0 Å². The van der Waals surface area contributed by atoms with Crippen molar-refractivity contribution in [3.05, 3.63) is 23.8 Å². The molecule has 0 radical (unpaired) electrons. The number of hydrogen-bond donors (Lipinski definition) is 1. The summed E-state index contributed by atoms with van der Waals surface area (Å²) in [6.07, 6.45) is -0.344. The van der Waals surface area contributed by atoms with Crippen LogP contribution in [0.1, 0.15) is 18.4 Å². The number of nitrogen functional groups attached to an aromatic ring is 1. The first-order chi connectivity index (χ1) is 9.43. The molecule has 1 aromatic heterocycles. The van der Waals surface area contributed by atoms with Crippen LogP contribution in [-0.2, 0) is 12.7 Å². The summed E-state index contributed by atoms with van der Waals surface area (Å²) in [5.74, 6) is 1.33. The summed E-state index contributed by atoms with van der Waals surface area (Å²) in [7, 11) is 0. The molecule has 0 atom stereocenters. The van der Waals surface area contributed by atoms with E-state index in [1.54, 1.807) is 16.3 Å². The number of rotatable bonds is 5. The second-order valence-electron chi connectivity index (χ2n) is 4.52. The molecule has 2 N–H and O–H groups in total. The number of hydrogen-bond acceptors (Lipinski definition) is 3. The van der Waals surface area contributed by atoms with Gasteiger partial charge in [0.1, 0.15) is 0 Å². The Morgan fingerprint density at radius 1 is 1.30 bits per heavy atom. The molecule has 0 bridgehead atoms. The number of fused-ring (bicyclic) bond motifs is 1. The minimum Gasteiger partial charge on any atom is -0.369 e. The summed E-state index contributed by atoms with van der Waals surface area (Å²) in [4.78, 5) is 4.02. The number of halogens is 3. The van der Waals surface area contributed by atoms with Crippen LogP contribution in [0.4, 0.5) is 19.1 Å². The molecule has 0 saturated carbocycles. The van der Waals surface area contributed by atoms with E-state index in [0.717, 1.165) is 30.7 Å². The summed E-state index contributed by atoms with van der Waals surface area (Å²) >= 11 is 1.77. The molecule has 0 aliphatic rings. The van der Waals surface area contributed by atoms with Crippen molar-refractivity contribution >= 4 is 28.7 Å². The molecule has 0 amide bonds. The molecule has 2 rings (SSSR count). The first kappa shape index (κ1) is 15.0. The molecule has 0 fully saturated rings. The predicted octanol–water partition coefficient (Wildman–Crippen LogP) is 3.78. The lowest BCUT2D eigenvalue weighted by Crippen LogP contribution is -2.05. The first-order valence-electron chi connectivity index (χ1n) is 6.25. The highest BCUT2D eigenvalue weighted by molar-refractivity contribution is 7.98. The van der Waals surface area contributed by atoms with E-state index in [9.17, 15) is 13.2 Å². The van der Waals surface area contributed by atoms with E-state index >= 15 is 0 Å². The van der Waals surface area contributed by atoms with Crippen molar-refractivity contribution in [3.63, 3.8) is 0 Å². The van der Waals surface area contributed by atoms with E-state index in [4.69, 9.17) is 5.73 Å². The van der Waals surface area contributed by atoms with Crippen molar-refractivity contribution in [1.29, 1.82) is 0 Å². The fourth-order valence-corrected chi connectivity index (χ4v) is 2.57. The maximum Gasteiger partial charge on any atom is 0.416 e. The Balaban J connectivity index is 2.26. The molecule has 3 nitrogen and oxygen atoms in total. The van der Waals surface area contributed by atoms with E-state index in [1.165, 1.54) is 6.07 Å². The van der Waals surface area contributed by atoms with Gasteiger partial charge in [-0.15, -0.1) is 0 Å². The minimum atomic E-state index is -4.36. The number of aryl methyl sites for hydroxylation is 1. The van der Waals surface area contributed by atoms with Gasteiger partial charge in [-0.3, -0.25) is 0 Å². The lowest BCUT2D eigenvalue weighted by atomic mass is 10.2. The molecule has 0 aliphatic heterocycles. The van der Waals surface area contributed by atoms with Crippen LogP contribution in [0.3, 0.4) is 0 Å². The highest BCUT2D eigenvalue weighted by atomic mass is 32.2. The zero-order valence-electron chi connectivity index (χ0n) is 11.1. The Morgan fingerprint density at radius 2 is 2.05 bits per heavy atom. The summed E-state index contributed by atoms with van der Waals surface area (Å²) in [5.41, 5.74) is 6.04. The molecular weight excluding hydrogens is 287 g/mol. The standard InChI is InChI=1S/C13H16F3N3S/c1-20-7-3-2-6-19-11-5-4-9(13(14,15)16)8-10(11)18-12(19)17/h4-5,8H,2-3,6-7H2,1H3,(H2,17,18). The van der Waals surface area contributed by atoms with E-state index < -0.39 is 11.7 Å². The fourth-order valence-electron chi connectivity index (χ4n) is 2.08. The van der Waals surface area contributed by atoms with Gasteiger partial charge in [0.25, 0.3) is 0 Å². The van der Waals surface area contributed by atoms with Crippen LogP contribution in [0.5, 0.6) is 0 Å². The number of imidazole rings is 1. The third-order valence-corrected chi connectivity index (χ3v) is 3.78. The lowest BCUT2D eigenvalue weighted by Gasteiger charge is -2.08. The van der Waals surface area contributed by atoms with Crippen LogP contribution in [0.15, 0.2) is 18.2 Å². The topological polar surface area (TPSA) is 43.8 Å². The van der Waals surface area contributed by atoms with Gasteiger partial charge < -0.3 is 10.3 Å². The molecule has 7 heteroatoms. The van der Waals surface area contributed by atoms with Gasteiger partial charge in [0.05, 0.1) is 16.6 Å². The van der Waals surface area contributed by atoms with Crippen molar-refractivity contribution in [2.75, 3.05) is 17.7 Å². The van der Waals surface area contributed by atoms with Gasteiger partial charge in [-0.1, -0.05) is 0 Å². The summed E-state index contributed by atoms with van der Waals surface area (Å²) in [6, 6.07) is 3.56. The highest BCUT2D eigenvalue weighted by Gasteiger charge is 2.31. The number of nitrogens with zero attached hydrogens (tertiary/aromatic N) is 2. The zero-order valence-corrected chi connectivity index (χ0v) is 11.9. The highest BCUT2D eigenvalue weighted by Crippen LogP contribution is 2.31. The number of aromatic nitrogens is 2. The quantitative estimate of drug-likeness (QED) is 0.855. The van der Waals surface area contributed by atoms with Gasteiger partial charge in [-0.2, -0.15) is 24.9 Å². The minimum absolute atomic E-state index is 0.267. The fraction of sp³-hybridized carbons (Fsp3) is 0.462. The monoisotopic (exact) mass is 303 g/mol. The Morgan fingerprint density at radius 3 is 2.70 bits per heavy atom. The van der Waals surface area contributed by atoms with Crippen molar-refractivity contribution < 1.29 is 13.2 Å². The number of unbranched alkanes of at least 4 members (excludes halogenated alkanes) is 1. The van der Waals surface area contributed by atoms with Crippen LogP contribution in [-0.4, -0.2) is 21.6 Å². The van der Waals surface area contributed by atoms with E-state index in [-0.39, 0.29) is 5.95 Å². The van der Waals surface area contributed by atoms with Gasteiger partial charge in [0.15, 0.2) is 0 Å². The summed E-state index contributed by atoms with van der Waals surface area (Å²) in [6.45, 7) is 0.675. The Kier molecular flexibility index (Phi) is 4.47. The lowest BCUT2D eigenvalue weighted by molar-refractivity contribution is -0.137. The Bertz CT molecular complexity index is 592. The number of benzene rings is 1. The van der Waals surface area contributed by atoms with Crippen LogP contribution in [0, 0.1) is 0 Å². The molecule has 0 aliphatic carbocycles. The van der Waals surface area contributed by atoms with Crippen LogP contribution in [0.2, 0.25) is 0 Å². The maximum absolute atomic E-state index is 12.6. The predicted molar refractivity (Wildman–Crippen MR) is 76.8 cm³/mol. The molecule has 0 unspecified atom stereocenters. The molecule has 1 aromatic carbocycles. The van der Waals surface area contributed by atoms with Gasteiger partial charge >= 0.3 is 6.18 Å². The Labute approximate surface area is 119 Å². The molecule has 2 aromatic rings. The smallest absolute Gasteiger partial charge is 0.369 e. The van der Waals surface area contributed by atoms with E-state index in [1.807, 2.05) is 6.26 Å². The van der Waals surface area contributed by atoms with Gasteiger partial charge in [0.2, 0.25) is 5.95 Å². The van der Waals surface area contributed by atoms with Gasteiger partial charge in [-0.05, 0) is 43.0 Å². The van der Waals surface area contributed by atoms with E-state index in [2.05, 4.69) is 4.98 Å². The second kappa shape index (κ2) is 5.95. The number of alkyl halides is 3. The number of nitrogens with two attached hydrogens (primary N) is 1. The normalized spacial score (nSPS) is 12.2. The third-order valence-electron chi connectivity index (χ3n) is 3.09. The second-order valence-corrected chi connectivity index (χ2v) is 5.51. The number of anilines is 1. The first-order valence-corrected chi connectivity index (χ1v) is 7.65. The van der Waals surface area contributed by atoms with Crippen LogP contribution in [0.25, 0.3) is 11.0 Å². The molecule has 20 heavy (non-hydrogen) atoms. The molecule has 1 heterocycles. The third kappa shape index (κ3) is 3.20. The average molecular weight is 303 g/mol. The largest absolute Gasteiger partial charge is 0.416 e. The van der Waals surface area contributed by atoms with Crippen molar-refractivity contribution in [2.45, 2.75) is 25.6 Å².